The van der Waals surface area contributed by atoms with Gasteiger partial charge in [-0.15, -0.1) is 0 Å². The highest BCUT2D eigenvalue weighted by Crippen LogP contribution is 2.36. The molecular formula is C27H30N4O4S. The van der Waals surface area contributed by atoms with Crippen LogP contribution in [0.25, 0.3) is 22.0 Å². The molecule has 0 spiro atoms. The summed E-state index contributed by atoms with van der Waals surface area (Å²) in [5, 5.41) is 4.31. The molecule has 0 aliphatic rings. The van der Waals surface area contributed by atoms with Gasteiger partial charge in [0.25, 0.3) is 0 Å². The highest BCUT2D eigenvalue weighted by atomic mass is 32.2. The van der Waals surface area contributed by atoms with E-state index in [9.17, 15) is 8.42 Å². The van der Waals surface area contributed by atoms with E-state index in [0.717, 1.165) is 22.0 Å². The van der Waals surface area contributed by atoms with E-state index < -0.39 is 10.0 Å². The fraction of sp³-hybridized carbons (Fsp3) is 0.259. The van der Waals surface area contributed by atoms with Crippen molar-refractivity contribution in [2.24, 2.45) is 0 Å². The van der Waals surface area contributed by atoms with E-state index >= 15 is 0 Å². The Morgan fingerprint density at radius 1 is 0.917 bits per heavy atom. The average Bonchev–Trinajstić information content (AvgIpc) is 2.87. The number of sulfonamides is 1. The molecule has 0 saturated carbocycles. The smallest absolute Gasteiger partial charge is 0.243 e. The van der Waals surface area contributed by atoms with Gasteiger partial charge in [0.2, 0.25) is 10.0 Å². The first-order valence-corrected chi connectivity index (χ1v) is 12.9. The van der Waals surface area contributed by atoms with Crippen molar-refractivity contribution in [2.75, 3.05) is 33.6 Å². The second-order valence-electron chi connectivity index (χ2n) is 8.62. The number of aryl methyl sites for hydroxylation is 1. The minimum Gasteiger partial charge on any atom is -0.493 e. The normalized spacial score (nSPS) is 12.5. The highest BCUT2D eigenvalue weighted by molar-refractivity contribution is 7.89. The van der Waals surface area contributed by atoms with Gasteiger partial charge in [-0.2, -0.15) is 0 Å². The van der Waals surface area contributed by atoms with E-state index in [1.165, 1.54) is 18.4 Å². The molecule has 4 rings (SSSR count). The molecule has 1 heterocycles. The molecule has 1 atom stereocenters. The van der Waals surface area contributed by atoms with Gasteiger partial charge in [0.15, 0.2) is 11.5 Å². The van der Waals surface area contributed by atoms with Gasteiger partial charge in [-0.05, 0) is 43.2 Å². The predicted molar refractivity (Wildman–Crippen MR) is 142 cm³/mol. The standard InChI is InChI=1S/C27H30N4O4S/c1-17(28-27-22-15-24(34-5)25(35-6)16-23(22)29-18(2)30-27)19-10-9-11-20(14-19)21-12-7-8-13-26(21)36(32,33)31(3)4/h7-17H,1-6H3,(H,28,29,30)/t17-/m1/s1. The second-order valence-corrected chi connectivity index (χ2v) is 10.7. The first-order valence-electron chi connectivity index (χ1n) is 11.4. The molecule has 0 aliphatic heterocycles. The van der Waals surface area contributed by atoms with Crippen LogP contribution in [0.3, 0.4) is 0 Å². The molecule has 0 fully saturated rings. The number of rotatable bonds is 8. The molecule has 0 radical (unpaired) electrons. The lowest BCUT2D eigenvalue weighted by atomic mass is 10.00. The molecule has 9 heteroatoms. The lowest BCUT2D eigenvalue weighted by Gasteiger charge is -2.19. The molecular weight excluding hydrogens is 476 g/mol. The third-order valence-corrected chi connectivity index (χ3v) is 7.88. The van der Waals surface area contributed by atoms with Crippen LogP contribution in [-0.4, -0.2) is 51.0 Å². The van der Waals surface area contributed by atoms with Crippen molar-refractivity contribution < 1.29 is 17.9 Å². The van der Waals surface area contributed by atoms with Crippen molar-refractivity contribution in [3.63, 3.8) is 0 Å². The van der Waals surface area contributed by atoms with Gasteiger partial charge in [0.05, 0.1) is 24.6 Å². The maximum absolute atomic E-state index is 12.9. The van der Waals surface area contributed by atoms with Crippen LogP contribution < -0.4 is 14.8 Å². The number of benzene rings is 3. The zero-order valence-corrected chi connectivity index (χ0v) is 22.1. The monoisotopic (exact) mass is 506 g/mol. The molecule has 0 unspecified atom stereocenters. The Kier molecular flexibility index (Phi) is 7.14. The molecule has 0 bridgehead atoms. The number of hydrogen-bond donors (Lipinski definition) is 1. The van der Waals surface area contributed by atoms with Gasteiger partial charge in [0.1, 0.15) is 11.6 Å². The minimum atomic E-state index is -3.60. The molecule has 1 aromatic heterocycles. The van der Waals surface area contributed by atoms with Crippen molar-refractivity contribution in [3.8, 4) is 22.6 Å². The molecule has 0 amide bonds. The van der Waals surface area contributed by atoms with Crippen molar-refractivity contribution >= 4 is 26.7 Å². The Hall–Kier alpha value is -3.69. The number of aromatic nitrogens is 2. The first-order chi connectivity index (χ1) is 17.1. The maximum atomic E-state index is 12.9. The Bertz CT molecular complexity index is 1520. The summed E-state index contributed by atoms with van der Waals surface area (Å²) >= 11 is 0. The first kappa shape index (κ1) is 25.4. The van der Waals surface area contributed by atoms with E-state index in [-0.39, 0.29) is 10.9 Å². The number of nitrogens with zero attached hydrogens (tertiary/aromatic N) is 3. The molecule has 188 valence electrons. The second kappa shape index (κ2) is 10.1. The Balaban J connectivity index is 1.73. The minimum absolute atomic E-state index is 0.131. The Morgan fingerprint density at radius 2 is 1.61 bits per heavy atom. The van der Waals surface area contributed by atoms with Crippen LogP contribution in [0.5, 0.6) is 11.5 Å². The number of fused-ring (bicyclic) bond motifs is 1. The third-order valence-electron chi connectivity index (χ3n) is 6.01. The van der Waals surface area contributed by atoms with E-state index in [1.807, 2.05) is 62.4 Å². The molecule has 36 heavy (non-hydrogen) atoms. The molecule has 0 aliphatic carbocycles. The summed E-state index contributed by atoms with van der Waals surface area (Å²) in [7, 11) is 2.65. The SMILES string of the molecule is COc1cc2nc(C)nc(N[C@H](C)c3cccc(-c4ccccc4S(=O)(=O)N(C)C)c3)c2cc1OC. The van der Waals surface area contributed by atoms with E-state index in [2.05, 4.69) is 15.3 Å². The van der Waals surface area contributed by atoms with Crippen LogP contribution in [0.1, 0.15) is 24.4 Å². The number of methoxy groups -OCH3 is 2. The lowest BCUT2D eigenvalue weighted by molar-refractivity contribution is 0.356. The fourth-order valence-electron chi connectivity index (χ4n) is 4.07. The number of nitrogens with one attached hydrogen (secondary N) is 1. The summed E-state index contributed by atoms with van der Waals surface area (Å²) in [6.07, 6.45) is 0. The zero-order chi connectivity index (χ0) is 26.0. The summed E-state index contributed by atoms with van der Waals surface area (Å²) in [4.78, 5) is 9.46. The molecule has 1 N–H and O–H groups in total. The number of hydrogen-bond acceptors (Lipinski definition) is 7. The predicted octanol–water partition coefficient (Wildman–Crippen LogP) is 5.05. The molecule has 4 aromatic rings. The van der Waals surface area contributed by atoms with Crippen LogP contribution >= 0.6 is 0 Å². The van der Waals surface area contributed by atoms with Crippen molar-refractivity contribution in [2.45, 2.75) is 24.8 Å². The largest absolute Gasteiger partial charge is 0.493 e. The van der Waals surface area contributed by atoms with Crippen LogP contribution in [0.15, 0.2) is 65.6 Å². The average molecular weight is 507 g/mol. The summed E-state index contributed by atoms with van der Waals surface area (Å²) in [6, 6.07) is 18.5. The summed E-state index contributed by atoms with van der Waals surface area (Å²) in [5.74, 6) is 2.49. The maximum Gasteiger partial charge on any atom is 0.243 e. The van der Waals surface area contributed by atoms with Crippen molar-refractivity contribution in [1.82, 2.24) is 14.3 Å². The van der Waals surface area contributed by atoms with Crippen LogP contribution in [-0.2, 0) is 10.0 Å². The quantitative estimate of drug-likeness (QED) is 0.358. The van der Waals surface area contributed by atoms with E-state index in [0.29, 0.717) is 28.7 Å². The summed E-state index contributed by atoms with van der Waals surface area (Å²) in [5.41, 5.74) is 3.19. The number of ether oxygens (including phenoxy) is 2. The van der Waals surface area contributed by atoms with Gasteiger partial charge in [-0.3, -0.25) is 0 Å². The van der Waals surface area contributed by atoms with E-state index in [1.54, 1.807) is 26.4 Å². The van der Waals surface area contributed by atoms with E-state index in [4.69, 9.17) is 9.47 Å². The summed E-state index contributed by atoms with van der Waals surface area (Å²) < 4.78 is 38.0. The van der Waals surface area contributed by atoms with Gasteiger partial charge >= 0.3 is 0 Å². The third kappa shape index (κ3) is 4.84. The zero-order valence-electron chi connectivity index (χ0n) is 21.2. The Labute approximate surface area is 212 Å². The van der Waals surface area contributed by atoms with Gasteiger partial charge in [-0.1, -0.05) is 36.4 Å². The molecule has 8 nitrogen and oxygen atoms in total. The molecule has 0 saturated heterocycles. The summed E-state index contributed by atoms with van der Waals surface area (Å²) in [6.45, 7) is 3.88. The van der Waals surface area contributed by atoms with Gasteiger partial charge in [0, 0.05) is 37.2 Å². The lowest BCUT2D eigenvalue weighted by Crippen LogP contribution is -2.22. The van der Waals surface area contributed by atoms with Crippen molar-refractivity contribution in [1.29, 1.82) is 0 Å². The molecule has 3 aromatic carbocycles. The van der Waals surface area contributed by atoms with Gasteiger partial charge in [-0.25, -0.2) is 22.7 Å². The van der Waals surface area contributed by atoms with Gasteiger partial charge < -0.3 is 14.8 Å². The fourth-order valence-corrected chi connectivity index (χ4v) is 5.18. The van der Waals surface area contributed by atoms with Crippen LogP contribution in [0, 0.1) is 6.92 Å². The Morgan fingerprint density at radius 3 is 2.31 bits per heavy atom. The topological polar surface area (TPSA) is 93.7 Å². The van der Waals surface area contributed by atoms with Crippen molar-refractivity contribution in [3.05, 3.63) is 72.1 Å². The number of anilines is 1. The highest BCUT2D eigenvalue weighted by Gasteiger charge is 2.22. The van der Waals surface area contributed by atoms with Crippen LogP contribution in [0.2, 0.25) is 0 Å². The van der Waals surface area contributed by atoms with Crippen LogP contribution in [0.4, 0.5) is 5.82 Å².